The van der Waals surface area contributed by atoms with Gasteiger partial charge in [0.05, 0.1) is 0 Å². The topological polar surface area (TPSA) is 92.8 Å². The molecule has 1 heterocycles. The van der Waals surface area contributed by atoms with Crippen molar-refractivity contribution in [2.45, 2.75) is 39.2 Å². The third-order valence-corrected chi connectivity index (χ3v) is 5.37. The van der Waals surface area contributed by atoms with E-state index in [0.29, 0.717) is 11.1 Å². The van der Waals surface area contributed by atoms with Gasteiger partial charge in [0.15, 0.2) is 12.4 Å². The van der Waals surface area contributed by atoms with Gasteiger partial charge in [0.1, 0.15) is 12.1 Å². The van der Waals surface area contributed by atoms with Gasteiger partial charge in [-0.05, 0) is 31.4 Å². The molecule has 7 nitrogen and oxygen atoms in total. The molecule has 162 valence electrons. The number of hydrogen-bond donors (Lipinski definition) is 1. The highest BCUT2D eigenvalue weighted by Gasteiger charge is 2.49. The summed E-state index contributed by atoms with van der Waals surface area (Å²) in [6, 6.07) is 13.7. The molecule has 1 fully saturated rings. The molecule has 1 aliphatic heterocycles. The van der Waals surface area contributed by atoms with Gasteiger partial charge in [0, 0.05) is 5.56 Å². The zero-order chi connectivity index (χ0) is 22.6. The second kappa shape index (κ2) is 9.12. The number of carbonyl (C=O) groups excluding carboxylic acids is 4. The second-order valence-corrected chi connectivity index (χ2v) is 7.84. The molecule has 0 spiro atoms. The van der Waals surface area contributed by atoms with E-state index in [1.807, 2.05) is 31.2 Å². The van der Waals surface area contributed by atoms with Crippen LogP contribution in [0.5, 0.6) is 0 Å². The Morgan fingerprint density at radius 1 is 1.03 bits per heavy atom. The Morgan fingerprint density at radius 2 is 1.68 bits per heavy atom. The summed E-state index contributed by atoms with van der Waals surface area (Å²) < 4.78 is 5.02. The van der Waals surface area contributed by atoms with Crippen LogP contribution < -0.4 is 5.32 Å². The molecule has 0 unspecified atom stereocenters. The first-order valence-electron chi connectivity index (χ1n) is 10.2. The number of urea groups is 1. The van der Waals surface area contributed by atoms with Gasteiger partial charge in [-0.25, -0.2) is 4.79 Å². The number of nitrogens with one attached hydrogen (secondary N) is 1. The largest absolute Gasteiger partial charge is 0.456 e. The third-order valence-electron chi connectivity index (χ3n) is 5.37. The van der Waals surface area contributed by atoms with E-state index in [1.54, 1.807) is 31.2 Å². The lowest BCUT2D eigenvalue weighted by Gasteiger charge is -2.22. The number of aryl methyl sites for hydroxylation is 2. The van der Waals surface area contributed by atoms with Crippen LogP contribution in [-0.2, 0) is 26.3 Å². The molecule has 1 atom stereocenters. The molecule has 0 radical (unpaired) electrons. The van der Waals surface area contributed by atoms with Crippen LogP contribution >= 0.6 is 0 Å². The molecule has 3 rings (SSSR count). The van der Waals surface area contributed by atoms with Crippen molar-refractivity contribution in [1.82, 2.24) is 10.2 Å². The molecule has 0 bridgehead atoms. The lowest BCUT2D eigenvalue weighted by atomic mass is 9.91. The van der Waals surface area contributed by atoms with E-state index in [4.69, 9.17) is 4.74 Å². The number of nitrogens with zero attached hydrogens (tertiary/aromatic N) is 1. The molecule has 1 saturated heterocycles. The molecule has 0 aliphatic carbocycles. The lowest BCUT2D eigenvalue weighted by Crippen LogP contribution is -2.41. The van der Waals surface area contributed by atoms with Gasteiger partial charge < -0.3 is 10.1 Å². The van der Waals surface area contributed by atoms with Crippen LogP contribution in [0.25, 0.3) is 0 Å². The maximum Gasteiger partial charge on any atom is 0.326 e. The fraction of sp³-hybridized carbons (Fsp3) is 0.333. The summed E-state index contributed by atoms with van der Waals surface area (Å²) in [5, 5.41) is 2.64. The first-order chi connectivity index (χ1) is 14.7. The number of amides is 3. The Morgan fingerprint density at radius 3 is 2.29 bits per heavy atom. The molecule has 1 aliphatic rings. The SMILES string of the molecule is CCCc1ccc(C(=O)COC(=O)CN2C(=O)N[C@@](C)(c3ccc(C)cc3)C2=O)cc1. The number of esters is 1. The fourth-order valence-electron chi connectivity index (χ4n) is 3.47. The Hall–Kier alpha value is -3.48. The zero-order valence-corrected chi connectivity index (χ0v) is 17.9. The summed E-state index contributed by atoms with van der Waals surface area (Å²) in [6.07, 6.45) is 1.94. The maximum atomic E-state index is 12.9. The van der Waals surface area contributed by atoms with Crippen molar-refractivity contribution in [1.29, 1.82) is 0 Å². The van der Waals surface area contributed by atoms with Gasteiger partial charge in [-0.3, -0.25) is 19.3 Å². The van der Waals surface area contributed by atoms with Gasteiger partial charge >= 0.3 is 12.0 Å². The predicted molar refractivity (Wildman–Crippen MR) is 115 cm³/mol. The number of ketones is 1. The van der Waals surface area contributed by atoms with Gasteiger partial charge in [-0.15, -0.1) is 0 Å². The van der Waals surface area contributed by atoms with Crippen molar-refractivity contribution in [3.05, 3.63) is 70.8 Å². The van der Waals surface area contributed by atoms with E-state index in [1.165, 1.54) is 0 Å². The zero-order valence-electron chi connectivity index (χ0n) is 17.9. The normalized spacial score (nSPS) is 18.1. The van der Waals surface area contributed by atoms with Gasteiger partial charge in [-0.1, -0.05) is 67.4 Å². The van der Waals surface area contributed by atoms with Crippen LogP contribution in [0.2, 0.25) is 0 Å². The first-order valence-corrected chi connectivity index (χ1v) is 10.2. The second-order valence-electron chi connectivity index (χ2n) is 7.84. The highest BCUT2D eigenvalue weighted by Crippen LogP contribution is 2.28. The van der Waals surface area contributed by atoms with E-state index >= 15 is 0 Å². The van der Waals surface area contributed by atoms with Gasteiger partial charge in [0.2, 0.25) is 0 Å². The van der Waals surface area contributed by atoms with Gasteiger partial charge in [-0.2, -0.15) is 0 Å². The minimum absolute atomic E-state index is 0.349. The highest BCUT2D eigenvalue weighted by molar-refractivity contribution is 6.09. The number of ether oxygens (including phenoxy) is 1. The first kappa shape index (κ1) is 22.2. The summed E-state index contributed by atoms with van der Waals surface area (Å²) in [5.74, 6) is -1.72. The number of benzene rings is 2. The van der Waals surface area contributed by atoms with Crippen molar-refractivity contribution >= 4 is 23.7 Å². The number of imide groups is 1. The molecule has 7 heteroatoms. The smallest absolute Gasteiger partial charge is 0.326 e. The molecule has 31 heavy (non-hydrogen) atoms. The summed E-state index contributed by atoms with van der Waals surface area (Å²) in [4.78, 5) is 50.5. The molecular formula is C24H26N2O5. The van der Waals surface area contributed by atoms with Crippen LogP contribution in [0, 0.1) is 6.92 Å². The Bertz CT molecular complexity index is 998. The number of carbonyl (C=O) groups is 4. The van der Waals surface area contributed by atoms with Crippen molar-refractivity contribution < 1.29 is 23.9 Å². The van der Waals surface area contributed by atoms with Crippen molar-refractivity contribution in [2.75, 3.05) is 13.2 Å². The van der Waals surface area contributed by atoms with Crippen LogP contribution in [0.15, 0.2) is 48.5 Å². The molecule has 2 aromatic carbocycles. The monoisotopic (exact) mass is 422 g/mol. The molecule has 0 saturated carbocycles. The average Bonchev–Trinajstić information content (AvgIpc) is 2.97. The highest BCUT2D eigenvalue weighted by atomic mass is 16.5. The summed E-state index contributed by atoms with van der Waals surface area (Å²) >= 11 is 0. The third kappa shape index (κ3) is 4.82. The minimum Gasteiger partial charge on any atom is -0.456 e. The Labute approximate surface area is 181 Å². The minimum atomic E-state index is -1.26. The molecule has 1 N–H and O–H groups in total. The van der Waals surface area contributed by atoms with E-state index in [9.17, 15) is 19.2 Å². The quantitative estimate of drug-likeness (QED) is 0.401. The molecule has 3 amide bonds. The van der Waals surface area contributed by atoms with E-state index in [-0.39, 0.29) is 5.78 Å². The van der Waals surface area contributed by atoms with Gasteiger partial charge in [0.25, 0.3) is 5.91 Å². The van der Waals surface area contributed by atoms with Crippen LogP contribution in [0.1, 0.15) is 47.3 Å². The lowest BCUT2D eigenvalue weighted by molar-refractivity contribution is -0.146. The molecular weight excluding hydrogens is 396 g/mol. The van der Waals surface area contributed by atoms with Crippen molar-refractivity contribution in [2.24, 2.45) is 0 Å². The van der Waals surface area contributed by atoms with Crippen LogP contribution in [0.3, 0.4) is 0 Å². The number of hydrogen-bond acceptors (Lipinski definition) is 5. The molecule has 0 aromatic heterocycles. The molecule has 2 aromatic rings. The predicted octanol–water partition coefficient (Wildman–Crippen LogP) is 3.14. The maximum absolute atomic E-state index is 12.9. The van der Waals surface area contributed by atoms with Crippen molar-refractivity contribution in [3.8, 4) is 0 Å². The van der Waals surface area contributed by atoms with Crippen LogP contribution in [-0.4, -0.2) is 41.7 Å². The van der Waals surface area contributed by atoms with E-state index in [2.05, 4.69) is 12.2 Å². The van der Waals surface area contributed by atoms with E-state index < -0.39 is 36.6 Å². The standard InChI is InChI=1S/C24H26N2O5/c1-4-5-17-8-10-18(11-9-17)20(27)15-31-21(28)14-26-22(29)24(3,25-23(26)30)19-12-6-16(2)7-13-19/h6-13H,4-5,14-15H2,1-3H3,(H,25,30)/t24-/m0/s1. The summed E-state index contributed by atoms with van der Waals surface area (Å²) in [7, 11) is 0. The Kier molecular flexibility index (Phi) is 6.53. The summed E-state index contributed by atoms with van der Waals surface area (Å²) in [5.41, 5.74) is 1.95. The summed E-state index contributed by atoms with van der Waals surface area (Å²) in [6.45, 7) is 4.58. The average molecular weight is 422 g/mol. The van der Waals surface area contributed by atoms with Crippen molar-refractivity contribution in [3.63, 3.8) is 0 Å². The van der Waals surface area contributed by atoms with E-state index in [0.717, 1.165) is 28.9 Å². The van der Waals surface area contributed by atoms with Crippen LogP contribution in [0.4, 0.5) is 4.79 Å². The number of Topliss-reactive ketones (excluding diaryl/α,β-unsaturated/α-hetero) is 1. The Balaban J connectivity index is 1.58. The fourth-order valence-corrected chi connectivity index (χ4v) is 3.47. The number of rotatable bonds is 8.